The van der Waals surface area contributed by atoms with Crippen molar-refractivity contribution < 1.29 is 14.3 Å². The van der Waals surface area contributed by atoms with Gasteiger partial charge in [-0.2, -0.15) is 5.26 Å². The summed E-state index contributed by atoms with van der Waals surface area (Å²) in [7, 11) is 0. The zero-order valence-corrected chi connectivity index (χ0v) is 13.7. The normalized spacial score (nSPS) is 13.7. The van der Waals surface area contributed by atoms with Gasteiger partial charge >= 0.3 is 6.09 Å². The van der Waals surface area contributed by atoms with Gasteiger partial charge in [0.15, 0.2) is 0 Å². The van der Waals surface area contributed by atoms with Crippen molar-refractivity contribution in [1.29, 1.82) is 5.26 Å². The van der Waals surface area contributed by atoms with Gasteiger partial charge < -0.3 is 15.4 Å². The van der Waals surface area contributed by atoms with E-state index >= 15 is 0 Å². The second kappa shape index (κ2) is 9.22. The fraction of sp³-hybridized carbons (Fsp3) is 0.800. The number of nitriles is 1. The number of rotatable bonds is 7. The lowest BCUT2D eigenvalue weighted by molar-refractivity contribution is -0.124. The van der Waals surface area contributed by atoms with E-state index in [0.717, 1.165) is 6.42 Å². The van der Waals surface area contributed by atoms with E-state index in [4.69, 9.17) is 10.00 Å². The third kappa shape index (κ3) is 9.72. The summed E-state index contributed by atoms with van der Waals surface area (Å²) in [6.45, 7) is 9.15. The first-order valence-electron chi connectivity index (χ1n) is 7.36. The monoisotopic (exact) mass is 297 g/mol. The van der Waals surface area contributed by atoms with Crippen LogP contribution in [0.3, 0.4) is 0 Å². The Morgan fingerprint density at radius 2 is 1.90 bits per heavy atom. The first-order chi connectivity index (χ1) is 9.69. The summed E-state index contributed by atoms with van der Waals surface area (Å²) in [6, 6.07) is 1.39. The molecule has 0 aromatic rings. The average molecular weight is 297 g/mol. The molecule has 120 valence electrons. The van der Waals surface area contributed by atoms with E-state index in [9.17, 15) is 9.59 Å². The molecule has 2 N–H and O–H groups in total. The Labute approximate surface area is 127 Å². The van der Waals surface area contributed by atoms with Crippen LogP contribution in [0, 0.1) is 11.3 Å². The van der Waals surface area contributed by atoms with E-state index in [1.165, 1.54) is 0 Å². The highest BCUT2D eigenvalue weighted by Gasteiger charge is 2.24. The number of carbonyl (C=O) groups is 2. The van der Waals surface area contributed by atoms with Crippen LogP contribution in [-0.2, 0) is 9.53 Å². The molecular formula is C15H27N3O3. The molecule has 0 aliphatic rings. The Kier molecular flexibility index (Phi) is 8.44. The number of unbranched alkanes of at least 4 members (excludes halogenated alkanes) is 1. The molecule has 0 saturated heterocycles. The van der Waals surface area contributed by atoms with Gasteiger partial charge in [0, 0.05) is 12.5 Å². The van der Waals surface area contributed by atoms with Crippen LogP contribution in [0.15, 0.2) is 0 Å². The molecule has 2 amide bonds. The third-order valence-corrected chi connectivity index (χ3v) is 2.79. The summed E-state index contributed by atoms with van der Waals surface area (Å²) in [6.07, 6.45) is 1.50. The van der Waals surface area contributed by atoms with E-state index < -0.39 is 17.7 Å². The molecule has 0 aliphatic carbocycles. The Hall–Kier alpha value is -1.77. The second-order valence-electron chi connectivity index (χ2n) is 6.07. The molecule has 6 heteroatoms. The van der Waals surface area contributed by atoms with Gasteiger partial charge in [0.1, 0.15) is 11.6 Å². The molecule has 21 heavy (non-hydrogen) atoms. The number of nitrogens with zero attached hydrogens (tertiary/aromatic N) is 1. The largest absolute Gasteiger partial charge is 0.444 e. The first kappa shape index (κ1) is 19.2. The minimum Gasteiger partial charge on any atom is -0.444 e. The molecule has 6 nitrogen and oxygen atoms in total. The summed E-state index contributed by atoms with van der Waals surface area (Å²) in [5, 5.41) is 14.0. The van der Waals surface area contributed by atoms with Crippen LogP contribution in [0.1, 0.15) is 60.3 Å². The van der Waals surface area contributed by atoms with E-state index in [2.05, 4.69) is 10.6 Å². The maximum atomic E-state index is 12.1. The molecule has 0 bridgehead atoms. The molecule has 0 aromatic heterocycles. The highest BCUT2D eigenvalue weighted by Crippen LogP contribution is 2.08. The Morgan fingerprint density at radius 3 is 2.38 bits per heavy atom. The van der Waals surface area contributed by atoms with Crippen LogP contribution in [0.4, 0.5) is 4.79 Å². The molecule has 0 radical (unpaired) electrons. The molecule has 0 aromatic carbocycles. The van der Waals surface area contributed by atoms with Crippen LogP contribution in [0.5, 0.6) is 0 Å². The van der Waals surface area contributed by atoms with Gasteiger partial charge in [-0.1, -0.05) is 6.92 Å². The zero-order chi connectivity index (χ0) is 16.5. The van der Waals surface area contributed by atoms with Crippen molar-refractivity contribution in [2.45, 2.75) is 78.0 Å². The topological polar surface area (TPSA) is 91.2 Å². The van der Waals surface area contributed by atoms with Crippen molar-refractivity contribution >= 4 is 12.0 Å². The molecule has 0 aliphatic heterocycles. The van der Waals surface area contributed by atoms with Gasteiger partial charge in [0.05, 0.1) is 6.07 Å². The maximum Gasteiger partial charge on any atom is 0.408 e. The number of hydrogen-bond donors (Lipinski definition) is 2. The molecule has 0 saturated carbocycles. The zero-order valence-electron chi connectivity index (χ0n) is 13.7. The number of amides is 2. The van der Waals surface area contributed by atoms with E-state index in [1.54, 1.807) is 20.8 Å². The van der Waals surface area contributed by atoms with E-state index in [1.807, 2.05) is 19.9 Å². The van der Waals surface area contributed by atoms with Crippen LogP contribution in [-0.4, -0.2) is 29.7 Å². The summed E-state index contributed by atoms with van der Waals surface area (Å²) in [4.78, 5) is 23.9. The molecule has 0 rings (SSSR count). The summed E-state index contributed by atoms with van der Waals surface area (Å²) < 4.78 is 5.16. The van der Waals surface area contributed by atoms with Crippen LogP contribution in [0.2, 0.25) is 0 Å². The fourth-order valence-corrected chi connectivity index (χ4v) is 1.55. The van der Waals surface area contributed by atoms with Crippen LogP contribution in [0.25, 0.3) is 0 Å². The number of nitrogens with one attached hydrogen (secondary N) is 2. The number of hydrogen-bond acceptors (Lipinski definition) is 4. The standard InChI is InChI=1S/C15H27N3O3/c1-6-11(2)17-13(19)12(9-7-8-10-16)18-14(20)21-15(3,4)5/h11-12H,6-9H2,1-5H3,(H,17,19)(H,18,20)/t11-,12+/m1/s1. The molecule has 0 heterocycles. The smallest absolute Gasteiger partial charge is 0.408 e. The lowest BCUT2D eigenvalue weighted by atomic mass is 10.1. The molecule has 0 unspecified atom stereocenters. The lowest BCUT2D eigenvalue weighted by Crippen LogP contribution is -2.50. The summed E-state index contributed by atoms with van der Waals surface area (Å²) >= 11 is 0. The predicted molar refractivity (Wildman–Crippen MR) is 80.5 cm³/mol. The minimum atomic E-state index is -0.679. The predicted octanol–water partition coefficient (Wildman–Crippen LogP) is 2.49. The first-order valence-corrected chi connectivity index (χ1v) is 7.36. The molecule has 0 spiro atoms. The fourth-order valence-electron chi connectivity index (χ4n) is 1.55. The van der Waals surface area contributed by atoms with Gasteiger partial charge in [-0.05, 0) is 47.0 Å². The van der Waals surface area contributed by atoms with Crippen molar-refractivity contribution in [2.24, 2.45) is 0 Å². The average Bonchev–Trinajstić information content (AvgIpc) is 2.35. The van der Waals surface area contributed by atoms with Crippen LogP contribution < -0.4 is 10.6 Å². The number of alkyl carbamates (subject to hydrolysis) is 1. The van der Waals surface area contributed by atoms with Crippen molar-refractivity contribution in [3.63, 3.8) is 0 Å². The Bertz CT molecular complexity index is 383. The van der Waals surface area contributed by atoms with E-state index in [0.29, 0.717) is 19.3 Å². The number of ether oxygens (including phenoxy) is 1. The van der Waals surface area contributed by atoms with E-state index in [-0.39, 0.29) is 11.9 Å². The van der Waals surface area contributed by atoms with Crippen molar-refractivity contribution in [1.82, 2.24) is 10.6 Å². The highest BCUT2D eigenvalue weighted by molar-refractivity contribution is 5.85. The second-order valence-corrected chi connectivity index (χ2v) is 6.07. The summed E-state index contributed by atoms with van der Waals surface area (Å²) in [5.74, 6) is -0.242. The SMILES string of the molecule is CC[C@@H](C)NC(=O)[C@H](CCCC#N)NC(=O)OC(C)(C)C. The van der Waals surface area contributed by atoms with Gasteiger partial charge in [-0.25, -0.2) is 4.79 Å². The Balaban J connectivity index is 4.61. The van der Waals surface area contributed by atoms with Crippen molar-refractivity contribution in [3.8, 4) is 6.07 Å². The van der Waals surface area contributed by atoms with Crippen molar-refractivity contribution in [2.75, 3.05) is 0 Å². The molecular weight excluding hydrogens is 270 g/mol. The van der Waals surface area contributed by atoms with Gasteiger partial charge in [0.2, 0.25) is 5.91 Å². The quantitative estimate of drug-likeness (QED) is 0.706. The summed E-state index contributed by atoms with van der Waals surface area (Å²) in [5.41, 5.74) is -0.617. The molecule has 0 fully saturated rings. The van der Waals surface area contributed by atoms with Gasteiger partial charge in [0.25, 0.3) is 0 Å². The van der Waals surface area contributed by atoms with Gasteiger partial charge in [-0.15, -0.1) is 0 Å². The Morgan fingerprint density at radius 1 is 1.29 bits per heavy atom. The lowest BCUT2D eigenvalue weighted by Gasteiger charge is -2.24. The van der Waals surface area contributed by atoms with Crippen molar-refractivity contribution in [3.05, 3.63) is 0 Å². The highest BCUT2D eigenvalue weighted by atomic mass is 16.6. The van der Waals surface area contributed by atoms with Gasteiger partial charge in [-0.3, -0.25) is 4.79 Å². The number of carbonyl (C=O) groups excluding carboxylic acids is 2. The molecule has 2 atom stereocenters. The van der Waals surface area contributed by atoms with Crippen LogP contribution >= 0.6 is 0 Å². The third-order valence-electron chi connectivity index (χ3n) is 2.79. The minimum absolute atomic E-state index is 0.0383. The maximum absolute atomic E-state index is 12.1.